The minimum absolute atomic E-state index is 0.00772. The summed E-state index contributed by atoms with van der Waals surface area (Å²) in [4.78, 5) is 24.8. The fourth-order valence-corrected chi connectivity index (χ4v) is 2.46. The van der Waals surface area contributed by atoms with Crippen molar-refractivity contribution in [3.8, 4) is 11.5 Å². The van der Waals surface area contributed by atoms with Crippen molar-refractivity contribution in [2.45, 2.75) is 19.3 Å². The minimum atomic E-state index is -1.29. The van der Waals surface area contributed by atoms with Crippen molar-refractivity contribution in [2.75, 3.05) is 13.1 Å². The molecular weight excluding hydrogens is 332 g/mol. The van der Waals surface area contributed by atoms with Gasteiger partial charge in [0.2, 0.25) is 5.91 Å². The Morgan fingerprint density at radius 1 is 1.32 bits per heavy atom. The van der Waals surface area contributed by atoms with Gasteiger partial charge in [-0.1, -0.05) is 11.3 Å². The standard InChI is InChI=1S/C15H16N4O6/c20-8-9-4-19(17-16-9)7-13(22)18-5-10(6-18)25-12-3-1-2-11(21)14(12)15(23)24/h1-4,10,20-21H,5-8H2,(H,23,24). The van der Waals surface area contributed by atoms with Crippen molar-refractivity contribution >= 4 is 11.9 Å². The Morgan fingerprint density at radius 2 is 2.08 bits per heavy atom. The number of aromatic nitrogens is 3. The molecule has 0 unspecified atom stereocenters. The molecule has 1 aromatic heterocycles. The van der Waals surface area contributed by atoms with E-state index in [1.54, 1.807) is 0 Å². The highest BCUT2D eigenvalue weighted by atomic mass is 16.5. The Bertz CT molecular complexity index is 799. The topological polar surface area (TPSA) is 138 Å². The highest BCUT2D eigenvalue weighted by Crippen LogP contribution is 2.29. The largest absolute Gasteiger partial charge is 0.507 e. The molecule has 1 aliphatic rings. The lowest BCUT2D eigenvalue weighted by molar-refractivity contribution is -0.140. The van der Waals surface area contributed by atoms with Gasteiger partial charge >= 0.3 is 5.97 Å². The Kier molecular flexibility index (Phi) is 4.52. The first-order valence-electron chi connectivity index (χ1n) is 7.47. The molecule has 25 heavy (non-hydrogen) atoms. The quantitative estimate of drug-likeness (QED) is 0.633. The molecule has 3 rings (SSSR count). The van der Waals surface area contributed by atoms with Gasteiger partial charge in [-0.15, -0.1) is 5.10 Å². The van der Waals surface area contributed by atoms with Crippen molar-refractivity contribution in [1.82, 2.24) is 19.9 Å². The predicted molar refractivity (Wildman–Crippen MR) is 82.0 cm³/mol. The van der Waals surface area contributed by atoms with Gasteiger partial charge in [-0.05, 0) is 12.1 Å². The summed E-state index contributed by atoms with van der Waals surface area (Å²) in [6.45, 7) is 0.347. The van der Waals surface area contributed by atoms with Crippen molar-refractivity contribution in [3.05, 3.63) is 35.7 Å². The summed E-state index contributed by atoms with van der Waals surface area (Å²) >= 11 is 0. The number of carboxylic acids is 1. The predicted octanol–water partition coefficient (Wildman–Crippen LogP) is -0.536. The number of carbonyl (C=O) groups excluding carboxylic acids is 1. The number of rotatable bonds is 6. The summed E-state index contributed by atoms with van der Waals surface area (Å²) in [6, 6.07) is 4.22. The molecule has 0 atom stereocenters. The van der Waals surface area contributed by atoms with Crippen LogP contribution in [0.5, 0.6) is 11.5 Å². The fraction of sp³-hybridized carbons (Fsp3) is 0.333. The molecule has 0 aliphatic carbocycles. The molecule has 10 nitrogen and oxygen atoms in total. The first-order chi connectivity index (χ1) is 12.0. The summed E-state index contributed by atoms with van der Waals surface area (Å²) in [5.41, 5.74) is 0.0779. The second-order valence-electron chi connectivity index (χ2n) is 5.56. The van der Waals surface area contributed by atoms with E-state index in [1.165, 1.54) is 34.0 Å². The van der Waals surface area contributed by atoms with Crippen LogP contribution in [-0.4, -0.2) is 66.3 Å². The van der Waals surface area contributed by atoms with Crippen LogP contribution < -0.4 is 4.74 Å². The van der Waals surface area contributed by atoms with Crippen LogP contribution in [0, 0.1) is 0 Å². The van der Waals surface area contributed by atoms with E-state index in [-0.39, 0.29) is 42.2 Å². The number of phenols is 1. The van der Waals surface area contributed by atoms with Gasteiger partial charge < -0.3 is 25.0 Å². The van der Waals surface area contributed by atoms with E-state index in [9.17, 15) is 14.7 Å². The number of aliphatic hydroxyl groups excluding tert-OH is 1. The van der Waals surface area contributed by atoms with Crippen LogP contribution in [0.3, 0.4) is 0 Å². The van der Waals surface area contributed by atoms with E-state index < -0.39 is 5.97 Å². The van der Waals surface area contributed by atoms with E-state index >= 15 is 0 Å². The number of likely N-dealkylation sites (tertiary alicyclic amines) is 1. The van der Waals surface area contributed by atoms with E-state index in [0.29, 0.717) is 18.8 Å². The molecular formula is C15H16N4O6. The molecule has 0 spiro atoms. The van der Waals surface area contributed by atoms with Gasteiger partial charge in [-0.3, -0.25) is 4.79 Å². The average Bonchev–Trinajstić information content (AvgIpc) is 2.97. The van der Waals surface area contributed by atoms with Crippen LogP contribution in [0.15, 0.2) is 24.4 Å². The number of ether oxygens (including phenoxy) is 1. The monoisotopic (exact) mass is 348 g/mol. The first-order valence-corrected chi connectivity index (χ1v) is 7.47. The maximum absolute atomic E-state index is 12.1. The average molecular weight is 348 g/mol. The van der Waals surface area contributed by atoms with Crippen molar-refractivity contribution in [3.63, 3.8) is 0 Å². The van der Waals surface area contributed by atoms with Crippen LogP contribution in [-0.2, 0) is 17.9 Å². The molecule has 10 heteroatoms. The molecule has 2 heterocycles. The van der Waals surface area contributed by atoms with Gasteiger partial charge in [-0.2, -0.15) is 0 Å². The summed E-state index contributed by atoms with van der Waals surface area (Å²) in [7, 11) is 0. The van der Waals surface area contributed by atoms with Gasteiger partial charge in [0, 0.05) is 0 Å². The zero-order valence-corrected chi connectivity index (χ0v) is 13.1. The summed E-state index contributed by atoms with van der Waals surface area (Å²) in [6.07, 6.45) is 1.13. The van der Waals surface area contributed by atoms with Gasteiger partial charge in [0.25, 0.3) is 0 Å². The number of aliphatic hydroxyl groups is 1. The number of benzene rings is 1. The summed E-state index contributed by atoms with van der Waals surface area (Å²) in [5.74, 6) is -1.79. The number of carboxylic acid groups (broad SMARTS) is 1. The number of carbonyl (C=O) groups is 2. The number of hydrogen-bond donors (Lipinski definition) is 3. The molecule has 0 saturated carbocycles. The van der Waals surface area contributed by atoms with Crippen LogP contribution >= 0.6 is 0 Å². The molecule has 0 bridgehead atoms. The lowest BCUT2D eigenvalue weighted by atomic mass is 10.1. The van der Waals surface area contributed by atoms with Crippen molar-refractivity contribution < 1.29 is 29.6 Å². The number of amides is 1. The number of aromatic carboxylic acids is 1. The summed E-state index contributed by atoms with van der Waals surface area (Å²) < 4.78 is 6.91. The Labute approximate surface area is 141 Å². The third-order valence-corrected chi connectivity index (χ3v) is 3.76. The molecule has 1 amide bonds. The maximum Gasteiger partial charge on any atom is 0.343 e. The molecule has 132 valence electrons. The third kappa shape index (κ3) is 3.53. The van der Waals surface area contributed by atoms with E-state index in [4.69, 9.17) is 14.9 Å². The molecule has 3 N–H and O–H groups in total. The van der Waals surface area contributed by atoms with Gasteiger partial charge in [0.15, 0.2) is 0 Å². The van der Waals surface area contributed by atoms with E-state index in [0.717, 1.165) is 0 Å². The Balaban J connectivity index is 1.55. The summed E-state index contributed by atoms with van der Waals surface area (Å²) in [5, 5.41) is 35.1. The molecule has 2 aromatic rings. The normalized spacial score (nSPS) is 14.2. The van der Waals surface area contributed by atoms with E-state index in [2.05, 4.69) is 10.3 Å². The molecule has 1 aliphatic heterocycles. The first kappa shape index (κ1) is 16.7. The van der Waals surface area contributed by atoms with Gasteiger partial charge in [-0.25, -0.2) is 9.48 Å². The molecule has 1 fully saturated rings. The van der Waals surface area contributed by atoms with Crippen LogP contribution in [0.4, 0.5) is 0 Å². The third-order valence-electron chi connectivity index (χ3n) is 3.76. The van der Waals surface area contributed by atoms with Crippen LogP contribution in [0.1, 0.15) is 16.1 Å². The molecule has 1 aromatic carbocycles. The smallest absolute Gasteiger partial charge is 0.343 e. The number of aromatic hydroxyl groups is 1. The SMILES string of the molecule is O=C(O)c1c(O)cccc1OC1CN(C(=O)Cn2cc(CO)nn2)C1. The lowest BCUT2D eigenvalue weighted by Gasteiger charge is -2.39. The van der Waals surface area contributed by atoms with Crippen LogP contribution in [0.2, 0.25) is 0 Å². The van der Waals surface area contributed by atoms with E-state index in [1.807, 2.05) is 0 Å². The zero-order chi connectivity index (χ0) is 18.0. The van der Waals surface area contributed by atoms with Gasteiger partial charge in [0.1, 0.15) is 35.4 Å². The minimum Gasteiger partial charge on any atom is -0.507 e. The number of hydrogen-bond acceptors (Lipinski definition) is 7. The van der Waals surface area contributed by atoms with Crippen molar-refractivity contribution in [1.29, 1.82) is 0 Å². The Morgan fingerprint density at radius 3 is 2.72 bits per heavy atom. The highest BCUT2D eigenvalue weighted by Gasteiger charge is 2.33. The number of nitrogens with zero attached hydrogens (tertiary/aromatic N) is 4. The maximum atomic E-state index is 12.1. The zero-order valence-electron chi connectivity index (χ0n) is 13.1. The molecule has 1 saturated heterocycles. The lowest BCUT2D eigenvalue weighted by Crippen LogP contribution is -2.57. The van der Waals surface area contributed by atoms with Crippen molar-refractivity contribution in [2.24, 2.45) is 0 Å². The Hall–Kier alpha value is -3.14. The second kappa shape index (κ2) is 6.77. The highest BCUT2D eigenvalue weighted by molar-refractivity contribution is 5.94. The van der Waals surface area contributed by atoms with Crippen LogP contribution in [0.25, 0.3) is 0 Å². The second-order valence-corrected chi connectivity index (χ2v) is 5.56. The molecule has 0 radical (unpaired) electrons. The fourth-order valence-electron chi connectivity index (χ4n) is 2.46. The van der Waals surface area contributed by atoms with Gasteiger partial charge in [0.05, 0.1) is 25.9 Å².